The maximum atomic E-state index is 13.8. The standard InChI is InChI=1S/C23H21FN2O6/c1-13(2)31-10-4-9-25-20(14-5-3-6-16(11-14)26(29)30)19-21(27)17-12-15(24)7-8-18(17)32-22(19)23(25)28/h3,5-8,11-13,20H,4,9-10H2,1-2H3. The van der Waals surface area contributed by atoms with Crippen molar-refractivity contribution in [1.82, 2.24) is 4.90 Å². The van der Waals surface area contributed by atoms with E-state index in [4.69, 9.17) is 9.15 Å². The molecule has 166 valence electrons. The Balaban J connectivity index is 1.85. The second-order valence-corrected chi connectivity index (χ2v) is 7.84. The van der Waals surface area contributed by atoms with Gasteiger partial charge in [-0.25, -0.2) is 4.39 Å². The minimum absolute atomic E-state index is 0.0111. The predicted molar refractivity (Wildman–Crippen MR) is 114 cm³/mol. The Bertz CT molecular complexity index is 1270. The Morgan fingerprint density at radius 1 is 1.22 bits per heavy atom. The molecule has 0 aliphatic carbocycles. The molecular weight excluding hydrogens is 419 g/mol. The zero-order chi connectivity index (χ0) is 23.0. The molecule has 4 rings (SSSR count). The number of halogens is 1. The van der Waals surface area contributed by atoms with Crippen LogP contribution in [0.4, 0.5) is 10.1 Å². The monoisotopic (exact) mass is 440 g/mol. The van der Waals surface area contributed by atoms with E-state index in [0.29, 0.717) is 18.6 Å². The first-order valence-corrected chi connectivity index (χ1v) is 10.2. The summed E-state index contributed by atoms with van der Waals surface area (Å²) in [5.74, 6) is -1.23. The number of fused-ring (bicyclic) bond motifs is 2. The smallest absolute Gasteiger partial charge is 0.290 e. The van der Waals surface area contributed by atoms with Crippen LogP contribution in [0.15, 0.2) is 51.7 Å². The SMILES string of the molecule is CC(C)OCCCN1C(=O)c2oc3ccc(F)cc3c(=O)c2C1c1cccc([N+](=O)[O-])c1. The fraction of sp³-hybridized carbons (Fsp3) is 0.304. The number of carbonyl (C=O) groups excluding carboxylic acids is 1. The van der Waals surface area contributed by atoms with Gasteiger partial charge in [0.2, 0.25) is 5.76 Å². The van der Waals surface area contributed by atoms with Crippen LogP contribution in [-0.2, 0) is 4.74 Å². The Hall–Kier alpha value is -3.59. The summed E-state index contributed by atoms with van der Waals surface area (Å²) in [6, 6.07) is 8.42. The zero-order valence-corrected chi connectivity index (χ0v) is 17.5. The first-order valence-electron chi connectivity index (χ1n) is 10.2. The number of amides is 1. The van der Waals surface area contributed by atoms with Crippen molar-refractivity contribution < 1.29 is 23.3 Å². The highest BCUT2D eigenvalue weighted by Gasteiger charge is 2.42. The average molecular weight is 440 g/mol. The highest BCUT2D eigenvalue weighted by Crippen LogP contribution is 2.39. The molecule has 1 atom stereocenters. The van der Waals surface area contributed by atoms with Crippen LogP contribution in [0.2, 0.25) is 0 Å². The summed E-state index contributed by atoms with van der Waals surface area (Å²) in [6.45, 7) is 4.44. The lowest BCUT2D eigenvalue weighted by Gasteiger charge is -2.25. The summed E-state index contributed by atoms with van der Waals surface area (Å²) in [5.41, 5.74) is -0.141. The highest BCUT2D eigenvalue weighted by molar-refractivity contribution is 5.99. The third-order valence-electron chi connectivity index (χ3n) is 5.32. The van der Waals surface area contributed by atoms with Crippen molar-refractivity contribution in [2.45, 2.75) is 32.4 Å². The zero-order valence-electron chi connectivity index (χ0n) is 17.5. The van der Waals surface area contributed by atoms with Crippen LogP contribution in [-0.4, -0.2) is 35.0 Å². The number of hydrogen-bond acceptors (Lipinski definition) is 6. The number of nitrogens with zero attached hydrogens (tertiary/aromatic N) is 2. The number of hydrogen-bond donors (Lipinski definition) is 0. The highest BCUT2D eigenvalue weighted by atomic mass is 19.1. The molecule has 0 bridgehead atoms. The Morgan fingerprint density at radius 2 is 2.00 bits per heavy atom. The van der Waals surface area contributed by atoms with Crippen molar-refractivity contribution in [2.75, 3.05) is 13.2 Å². The minimum Gasteiger partial charge on any atom is -0.450 e. The Kier molecular flexibility index (Phi) is 5.75. The van der Waals surface area contributed by atoms with E-state index in [9.17, 15) is 24.1 Å². The predicted octanol–water partition coefficient (Wildman–Crippen LogP) is 4.20. The normalized spacial score (nSPS) is 15.6. The third-order valence-corrected chi connectivity index (χ3v) is 5.32. The summed E-state index contributed by atoms with van der Waals surface area (Å²) in [5, 5.41) is 11.3. The van der Waals surface area contributed by atoms with E-state index in [1.807, 2.05) is 13.8 Å². The van der Waals surface area contributed by atoms with Gasteiger partial charge < -0.3 is 14.1 Å². The summed E-state index contributed by atoms with van der Waals surface area (Å²) in [6.07, 6.45) is 0.517. The first kappa shape index (κ1) is 21.6. The molecule has 32 heavy (non-hydrogen) atoms. The van der Waals surface area contributed by atoms with E-state index in [1.165, 1.54) is 29.2 Å². The van der Waals surface area contributed by atoms with Crippen LogP contribution in [0.5, 0.6) is 0 Å². The minimum atomic E-state index is -0.889. The molecule has 1 aliphatic rings. The van der Waals surface area contributed by atoms with Crippen LogP contribution in [0.3, 0.4) is 0 Å². The number of nitro benzene ring substituents is 1. The molecule has 1 unspecified atom stereocenters. The molecule has 0 spiro atoms. The number of carbonyl (C=O) groups is 1. The molecule has 0 fully saturated rings. The molecule has 9 heteroatoms. The molecule has 0 saturated heterocycles. The lowest BCUT2D eigenvalue weighted by molar-refractivity contribution is -0.384. The van der Waals surface area contributed by atoms with E-state index >= 15 is 0 Å². The van der Waals surface area contributed by atoms with Gasteiger partial charge in [0, 0.05) is 25.3 Å². The van der Waals surface area contributed by atoms with Gasteiger partial charge >= 0.3 is 0 Å². The second-order valence-electron chi connectivity index (χ2n) is 7.84. The fourth-order valence-corrected chi connectivity index (χ4v) is 3.93. The molecule has 3 aromatic rings. The van der Waals surface area contributed by atoms with Gasteiger partial charge in [-0.05, 0) is 44.0 Å². The van der Waals surface area contributed by atoms with Gasteiger partial charge in [0.25, 0.3) is 11.6 Å². The summed E-state index contributed by atoms with van der Waals surface area (Å²) in [7, 11) is 0. The van der Waals surface area contributed by atoms with Crippen LogP contribution in [0.25, 0.3) is 11.0 Å². The van der Waals surface area contributed by atoms with Crippen molar-refractivity contribution in [1.29, 1.82) is 0 Å². The molecule has 1 aromatic heterocycles. The van der Waals surface area contributed by atoms with E-state index < -0.39 is 28.1 Å². The number of nitro groups is 1. The number of rotatable bonds is 7. The largest absolute Gasteiger partial charge is 0.450 e. The van der Waals surface area contributed by atoms with Crippen LogP contribution in [0, 0.1) is 15.9 Å². The van der Waals surface area contributed by atoms with Gasteiger partial charge in [-0.2, -0.15) is 0 Å². The van der Waals surface area contributed by atoms with Crippen molar-refractivity contribution in [3.63, 3.8) is 0 Å². The van der Waals surface area contributed by atoms with Gasteiger partial charge in [0.15, 0.2) is 5.43 Å². The molecular formula is C23H21FN2O6. The number of non-ortho nitro benzene ring substituents is 1. The second kappa shape index (κ2) is 8.51. The molecule has 2 heterocycles. The molecule has 1 amide bonds. The van der Waals surface area contributed by atoms with E-state index in [0.717, 1.165) is 12.1 Å². The van der Waals surface area contributed by atoms with Crippen LogP contribution in [0.1, 0.15) is 48.0 Å². The maximum Gasteiger partial charge on any atom is 0.290 e. The Labute approximate surface area is 182 Å². The van der Waals surface area contributed by atoms with Crippen molar-refractivity contribution in [3.8, 4) is 0 Å². The van der Waals surface area contributed by atoms with Gasteiger partial charge in [0.1, 0.15) is 11.4 Å². The number of benzene rings is 2. The molecule has 0 N–H and O–H groups in total. The van der Waals surface area contributed by atoms with Crippen molar-refractivity contribution in [2.24, 2.45) is 0 Å². The fourth-order valence-electron chi connectivity index (χ4n) is 3.93. The summed E-state index contributed by atoms with van der Waals surface area (Å²) in [4.78, 5) is 38.8. The molecule has 8 nitrogen and oxygen atoms in total. The summed E-state index contributed by atoms with van der Waals surface area (Å²) < 4.78 is 25.1. The molecule has 1 aliphatic heterocycles. The van der Waals surface area contributed by atoms with Gasteiger partial charge in [-0.3, -0.25) is 19.7 Å². The number of ether oxygens (including phenoxy) is 1. The van der Waals surface area contributed by atoms with E-state index in [2.05, 4.69) is 0 Å². The van der Waals surface area contributed by atoms with Crippen molar-refractivity contribution >= 4 is 22.6 Å². The van der Waals surface area contributed by atoms with E-state index in [1.54, 1.807) is 6.07 Å². The third kappa shape index (κ3) is 3.87. The molecule has 0 saturated carbocycles. The van der Waals surface area contributed by atoms with E-state index in [-0.39, 0.29) is 40.6 Å². The molecule has 2 aromatic carbocycles. The van der Waals surface area contributed by atoms with Crippen molar-refractivity contribution in [3.05, 3.63) is 85.5 Å². The quantitative estimate of drug-likeness (QED) is 0.310. The topological polar surface area (TPSA) is 103 Å². The van der Waals surface area contributed by atoms with Gasteiger partial charge in [-0.15, -0.1) is 0 Å². The summed E-state index contributed by atoms with van der Waals surface area (Å²) >= 11 is 0. The Morgan fingerprint density at radius 3 is 2.72 bits per heavy atom. The lowest BCUT2D eigenvalue weighted by Crippen LogP contribution is -2.31. The molecule has 0 radical (unpaired) electrons. The first-order chi connectivity index (χ1) is 15.3. The average Bonchev–Trinajstić information content (AvgIpc) is 3.04. The van der Waals surface area contributed by atoms with Gasteiger partial charge in [0.05, 0.1) is 28.0 Å². The van der Waals surface area contributed by atoms with Crippen LogP contribution >= 0.6 is 0 Å². The lowest BCUT2D eigenvalue weighted by atomic mass is 9.98. The maximum absolute atomic E-state index is 13.8. The van der Waals surface area contributed by atoms with Crippen LogP contribution < -0.4 is 5.43 Å². The van der Waals surface area contributed by atoms with Gasteiger partial charge in [-0.1, -0.05) is 12.1 Å².